The highest BCUT2D eigenvalue weighted by Gasteiger charge is 2.09. The number of hydrogen-bond donors (Lipinski definition) is 1. The van der Waals surface area contributed by atoms with E-state index in [1.165, 1.54) is 0 Å². The molecule has 4 nitrogen and oxygen atoms in total. The van der Waals surface area contributed by atoms with E-state index < -0.39 is 0 Å². The first-order chi connectivity index (χ1) is 8.04. The van der Waals surface area contributed by atoms with Crippen molar-refractivity contribution in [1.82, 2.24) is 19.9 Å². The molecule has 0 atom stereocenters. The Hall–Kier alpha value is -1.68. The van der Waals surface area contributed by atoms with E-state index in [1.807, 2.05) is 29.0 Å². The summed E-state index contributed by atoms with van der Waals surface area (Å²) >= 11 is 0. The molecule has 1 N–H and O–H groups in total. The van der Waals surface area contributed by atoms with Crippen LogP contribution in [-0.2, 0) is 6.54 Å². The zero-order chi connectivity index (χ0) is 12.3. The monoisotopic (exact) mass is 230 g/mol. The number of pyridine rings is 1. The summed E-state index contributed by atoms with van der Waals surface area (Å²) in [5, 5.41) is 3.42. The van der Waals surface area contributed by atoms with Gasteiger partial charge in [-0.15, -0.1) is 0 Å². The fourth-order valence-corrected chi connectivity index (χ4v) is 1.46. The van der Waals surface area contributed by atoms with Gasteiger partial charge in [0.2, 0.25) is 0 Å². The third-order valence-electron chi connectivity index (χ3n) is 2.36. The summed E-state index contributed by atoms with van der Waals surface area (Å²) in [6.07, 6.45) is 5.40. The van der Waals surface area contributed by atoms with Crippen LogP contribution in [0.5, 0.6) is 0 Å². The van der Waals surface area contributed by atoms with Crippen LogP contribution in [0.15, 0.2) is 36.9 Å². The van der Waals surface area contributed by atoms with Crippen LogP contribution in [0.1, 0.15) is 26.5 Å². The summed E-state index contributed by atoms with van der Waals surface area (Å²) in [5.41, 5.74) is 1.14. The Kier molecular flexibility index (Phi) is 3.24. The zero-order valence-corrected chi connectivity index (χ0v) is 10.5. The summed E-state index contributed by atoms with van der Waals surface area (Å²) in [7, 11) is 0. The summed E-state index contributed by atoms with van der Waals surface area (Å²) in [5.74, 6) is 0.899. The number of rotatable bonds is 3. The standard InChI is InChI=1S/C13H18N4/c1-13(2,3)15-9-11-5-4-6-12(16-11)17-8-7-14-10-17/h4-8,10,15H,9H2,1-3H3. The van der Waals surface area contributed by atoms with E-state index in [-0.39, 0.29) is 5.54 Å². The molecule has 2 aromatic heterocycles. The lowest BCUT2D eigenvalue weighted by atomic mass is 10.1. The van der Waals surface area contributed by atoms with Gasteiger partial charge in [-0.25, -0.2) is 9.97 Å². The minimum absolute atomic E-state index is 0.104. The molecule has 0 aliphatic carbocycles. The molecule has 90 valence electrons. The topological polar surface area (TPSA) is 42.7 Å². The first-order valence-electron chi connectivity index (χ1n) is 5.74. The number of hydrogen-bond acceptors (Lipinski definition) is 3. The largest absolute Gasteiger partial charge is 0.306 e. The quantitative estimate of drug-likeness (QED) is 0.878. The number of aromatic nitrogens is 3. The van der Waals surface area contributed by atoms with Gasteiger partial charge in [0.15, 0.2) is 0 Å². The summed E-state index contributed by atoms with van der Waals surface area (Å²) in [6.45, 7) is 7.21. The highest BCUT2D eigenvalue weighted by Crippen LogP contribution is 2.07. The molecule has 0 aliphatic rings. The number of nitrogens with zero attached hydrogens (tertiary/aromatic N) is 3. The Morgan fingerprint density at radius 2 is 2.12 bits per heavy atom. The molecule has 0 amide bonds. The molecule has 0 unspecified atom stereocenters. The van der Waals surface area contributed by atoms with E-state index in [1.54, 1.807) is 12.5 Å². The third kappa shape index (κ3) is 3.39. The fourth-order valence-electron chi connectivity index (χ4n) is 1.46. The van der Waals surface area contributed by atoms with Crippen LogP contribution in [0.2, 0.25) is 0 Å². The van der Waals surface area contributed by atoms with E-state index in [0.717, 1.165) is 18.1 Å². The van der Waals surface area contributed by atoms with Gasteiger partial charge in [0, 0.05) is 24.5 Å². The lowest BCUT2D eigenvalue weighted by molar-refractivity contribution is 0.421. The minimum atomic E-state index is 0.104. The summed E-state index contributed by atoms with van der Waals surface area (Å²) < 4.78 is 1.90. The van der Waals surface area contributed by atoms with Crippen molar-refractivity contribution < 1.29 is 0 Å². The molecule has 0 spiro atoms. The second-order valence-electron chi connectivity index (χ2n) is 5.06. The lowest BCUT2D eigenvalue weighted by Gasteiger charge is -2.20. The van der Waals surface area contributed by atoms with Gasteiger partial charge in [-0.2, -0.15) is 0 Å². The smallest absolute Gasteiger partial charge is 0.138 e. The Balaban J connectivity index is 2.12. The minimum Gasteiger partial charge on any atom is -0.306 e. The second kappa shape index (κ2) is 4.67. The Labute approximate surface area is 102 Å². The van der Waals surface area contributed by atoms with Crippen molar-refractivity contribution in [1.29, 1.82) is 0 Å². The third-order valence-corrected chi connectivity index (χ3v) is 2.36. The molecule has 0 aliphatic heterocycles. The highest BCUT2D eigenvalue weighted by molar-refractivity contribution is 5.24. The van der Waals surface area contributed by atoms with Crippen LogP contribution in [0, 0.1) is 0 Å². The lowest BCUT2D eigenvalue weighted by Crippen LogP contribution is -2.35. The Morgan fingerprint density at radius 3 is 2.76 bits per heavy atom. The second-order valence-corrected chi connectivity index (χ2v) is 5.06. The van der Waals surface area contributed by atoms with Gasteiger partial charge in [0.05, 0.1) is 5.69 Å². The van der Waals surface area contributed by atoms with Gasteiger partial charge in [-0.05, 0) is 32.9 Å². The van der Waals surface area contributed by atoms with Crippen LogP contribution in [-0.4, -0.2) is 20.1 Å². The zero-order valence-electron chi connectivity index (χ0n) is 10.5. The van der Waals surface area contributed by atoms with Gasteiger partial charge < -0.3 is 5.32 Å². The van der Waals surface area contributed by atoms with Crippen molar-refractivity contribution in [2.45, 2.75) is 32.9 Å². The van der Waals surface area contributed by atoms with Gasteiger partial charge in [0.1, 0.15) is 12.1 Å². The Morgan fingerprint density at radius 1 is 1.29 bits per heavy atom. The van der Waals surface area contributed by atoms with E-state index in [9.17, 15) is 0 Å². The summed E-state index contributed by atoms with van der Waals surface area (Å²) in [6, 6.07) is 6.02. The Bertz CT molecular complexity index is 468. The van der Waals surface area contributed by atoms with Crippen molar-refractivity contribution in [3.05, 3.63) is 42.6 Å². The van der Waals surface area contributed by atoms with Crippen LogP contribution < -0.4 is 5.32 Å². The van der Waals surface area contributed by atoms with Gasteiger partial charge in [-0.3, -0.25) is 4.57 Å². The maximum Gasteiger partial charge on any atom is 0.138 e. The molecule has 0 fully saturated rings. The highest BCUT2D eigenvalue weighted by atomic mass is 15.1. The predicted molar refractivity (Wildman–Crippen MR) is 68.0 cm³/mol. The van der Waals surface area contributed by atoms with Gasteiger partial charge in [-0.1, -0.05) is 6.07 Å². The fraction of sp³-hybridized carbons (Fsp3) is 0.385. The molecule has 4 heteroatoms. The molecule has 2 heterocycles. The van der Waals surface area contributed by atoms with Crippen LogP contribution in [0.25, 0.3) is 5.82 Å². The molecule has 17 heavy (non-hydrogen) atoms. The maximum atomic E-state index is 4.58. The number of imidazole rings is 1. The van der Waals surface area contributed by atoms with Crippen molar-refractivity contribution in [3.63, 3.8) is 0 Å². The number of nitrogens with one attached hydrogen (secondary N) is 1. The van der Waals surface area contributed by atoms with E-state index in [2.05, 4.69) is 36.1 Å². The van der Waals surface area contributed by atoms with Crippen molar-refractivity contribution in [2.75, 3.05) is 0 Å². The normalized spacial score (nSPS) is 11.7. The van der Waals surface area contributed by atoms with E-state index in [4.69, 9.17) is 0 Å². The molecule has 0 radical (unpaired) electrons. The first kappa shape index (κ1) is 11.8. The van der Waals surface area contributed by atoms with Crippen LogP contribution >= 0.6 is 0 Å². The van der Waals surface area contributed by atoms with E-state index in [0.29, 0.717) is 0 Å². The molecule has 2 aromatic rings. The molecule has 2 rings (SSSR count). The molecule has 0 bridgehead atoms. The van der Waals surface area contributed by atoms with Crippen LogP contribution in [0.3, 0.4) is 0 Å². The van der Waals surface area contributed by atoms with Crippen molar-refractivity contribution >= 4 is 0 Å². The van der Waals surface area contributed by atoms with Crippen molar-refractivity contribution in [3.8, 4) is 5.82 Å². The maximum absolute atomic E-state index is 4.58. The SMILES string of the molecule is CC(C)(C)NCc1cccc(-n2ccnc2)n1. The van der Waals surface area contributed by atoms with Crippen LogP contribution in [0.4, 0.5) is 0 Å². The molecule has 0 saturated heterocycles. The predicted octanol–water partition coefficient (Wildman–Crippen LogP) is 2.16. The van der Waals surface area contributed by atoms with E-state index >= 15 is 0 Å². The van der Waals surface area contributed by atoms with Gasteiger partial charge >= 0.3 is 0 Å². The van der Waals surface area contributed by atoms with Crippen molar-refractivity contribution in [2.24, 2.45) is 0 Å². The molecular formula is C13H18N4. The first-order valence-corrected chi connectivity index (χ1v) is 5.74. The molecule has 0 saturated carbocycles. The summed E-state index contributed by atoms with van der Waals surface area (Å²) in [4.78, 5) is 8.60. The average Bonchev–Trinajstić information content (AvgIpc) is 2.79. The van der Waals surface area contributed by atoms with Gasteiger partial charge in [0.25, 0.3) is 0 Å². The molecule has 0 aromatic carbocycles. The average molecular weight is 230 g/mol. The molecular weight excluding hydrogens is 212 g/mol.